The number of hydrogen-bond acceptors (Lipinski definition) is 4. The molecule has 0 spiro atoms. The van der Waals surface area contributed by atoms with E-state index in [1.54, 1.807) is 42.5 Å². The molecule has 0 radical (unpaired) electrons. The molecule has 26 heavy (non-hydrogen) atoms. The molecule has 2 N–H and O–H groups in total. The summed E-state index contributed by atoms with van der Waals surface area (Å²) in [5.74, 6) is -0.137. The van der Waals surface area contributed by atoms with Gasteiger partial charge < -0.3 is 19.9 Å². The summed E-state index contributed by atoms with van der Waals surface area (Å²) in [4.78, 5) is 23.3. The van der Waals surface area contributed by atoms with Crippen LogP contribution in [0.5, 0.6) is 11.5 Å². The molecule has 6 heteroatoms. The van der Waals surface area contributed by atoms with E-state index in [-0.39, 0.29) is 12.3 Å². The van der Waals surface area contributed by atoms with Crippen LogP contribution in [0, 0.1) is 0 Å². The Hall–Kier alpha value is -3.02. The lowest BCUT2D eigenvalue weighted by molar-refractivity contribution is -0.136. The fourth-order valence-corrected chi connectivity index (χ4v) is 2.39. The van der Waals surface area contributed by atoms with Crippen LogP contribution in [0.1, 0.15) is 35.7 Å². The molecule has 0 aromatic heterocycles. The van der Waals surface area contributed by atoms with Crippen molar-refractivity contribution in [1.82, 2.24) is 0 Å². The van der Waals surface area contributed by atoms with Crippen LogP contribution in [0.25, 0.3) is 0 Å². The van der Waals surface area contributed by atoms with Gasteiger partial charge in [-0.05, 0) is 42.3 Å². The Bertz CT molecular complexity index is 773. The predicted octanol–water partition coefficient (Wildman–Crippen LogP) is 3.75. The van der Waals surface area contributed by atoms with E-state index in [9.17, 15) is 9.59 Å². The van der Waals surface area contributed by atoms with Gasteiger partial charge in [0, 0.05) is 11.3 Å². The number of carboxylic acids is 1. The van der Waals surface area contributed by atoms with Crippen LogP contribution in [0.3, 0.4) is 0 Å². The first-order valence-electron chi connectivity index (χ1n) is 8.46. The van der Waals surface area contributed by atoms with Gasteiger partial charge in [-0.15, -0.1) is 0 Å². The number of methoxy groups -OCH3 is 1. The monoisotopic (exact) mass is 357 g/mol. The molecule has 0 aliphatic heterocycles. The third-order valence-corrected chi connectivity index (χ3v) is 3.72. The van der Waals surface area contributed by atoms with Crippen molar-refractivity contribution in [3.63, 3.8) is 0 Å². The maximum atomic E-state index is 12.5. The average molecular weight is 357 g/mol. The zero-order chi connectivity index (χ0) is 18.9. The number of rotatable bonds is 9. The Labute approximate surface area is 152 Å². The molecular weight excluding hydrogens is 334 g/mol. The predicted molar refractivity (Wildman–Crippen MR) is 99.1 cm³/mol. The minimum absolute atomic E-state index is 0.0959. The Balaban J connectivity index is 2.10. The van der Waals surface area contributed by atoms with E-state index in [4.69, 9.17) is 14.6 Å². The van der Waals surface area contributed by atoms with Crippen LogP contribution >= 0.6 is 0 Å². The SMILES string of the molecule is CCCCOc1ccc(C(=O)Nc2cccc(CC(=O)O)c2)cc1OC. The summed E-state index contributed by atoms with van der Waals surface area (Å²) in [5, 5.41) is 11.6. The standard InChI is InChI=1S/C20H23NO5/c1-3-4-10-26-17-9-8-15(13-18(17)25-2)20(24)21-16-7-5-6-14(11-16)12-19(22)23/h5-9,11,13H,3-4,10,12H2,1-2H3,(H,21,24)(H,22,23). The van der Waals surface area contributed by atoms with E-state index >= 15 is 0 Å². The summed E-state index contributed by atoms with van der Waals surface area (Å²) >= 11 is 0. The lowest BCUT2D eigenvalue weighted by Crippen LogP contribution is -2.12. The highest BCUT2D eigenvalue weighted by atomic mass is 16.5. The third-order valence-electron chi connectivity index (χ3n) is 3.72. The number of benzene rings is 2. The van der Waals surface area contributed by atoms with Gasteiger partial charge in [-0.1, -0.05) is 25.5 Å². The first kappa shape index (κ1) is 19.3. The maximum Gasteiger partial charge on any atom is 0.307 e. The summed E-state index contributed by atoms with van der Waals surface area (Å²) < 4.78 is 11.0. The summed E-state index contributed by atoms with van der Waals surface area (Å²) in [6.45, 7) is 2.67. The second kappa shape index (κ2) is 9.46. The van der Waals surface area contributed by atoms with Gasteiger partial charge in [0.25, 0.3) is 5.91 Å². The lowest BCUT2D eigenvalue weighted by Gasteiger charge is -2.12. The lowest BCUT2D eigenvalue weighted by atomic mass is 10.1. The maximum absolute atomic E-state index is 12.5. The number of unbranched alkanes of at least 4 members (excludes halogenated alkanes) is 1. The van der Waals surface area contributed by atoms with Crippen molar-refractivity contribution < 1.29 is 24.2 Å². The minimum atomic E-state index is -0.920. The van der Waals surface area contributed by atoms with Crippen LogP contribution < -0.4 is 14.8 Å². The van der Waals surface area contributed by atoms with Gasteiger partial charge >= 0.3 is 5.97 Å². The Morgan fingerprint density at radius 2 is 1.92 bits per heavy atom. The number of hydrogen-bond donors (Lipinski definition) is 2. The molecule has 1 amide bonds. The number of aliphatic carboxylic acids is 1. The molecule has 0 saturated heterocycles. The summed E-state index contributed by atoms with van der Waals surface area (Å²) in [6, 6.07) is 11.8. The number of anilines is 1. The molecule has 0 saturated carbocycles. The number of amides is 1. The zero-order valence-corrected chi connectivity index (χ0v) is 15.0. The Morgan fingerprint density at radius 1 is 1.12 bits per heavy atom. The van der Waals surface area contributed by atoms with E-state index < -0.39 is 5.97 Å². The van der Waals surface area contributed by atoms with E-state index in [0.29, 0.717) is 34.9 Å². The summed E-state index contributed by atoms with van der Waals surface area (Å²) in [6.07, 6.45) is 1.88. The smallest absolute Gasteiger partial charge is 0.307 e. The van der Waals surface area contributed by atoms with Gasteiger partial charge in [0.05, 0.1) is 20.1 Å². The molecule has 0 aliphatic rings. The highest BCUT2D eigenvalue weighted by Crippen LogP contribution is 2.28. The van der Waals surface area contributed by atoms with E-state index in [0.717, 1.165) is 12.8 Å². The van der Waals surface area contributed by atoms with Crippen molar-refractivity contribution in [3.8, 4) is 11.5 Å². The van der Waals surface area contributed by atoms with Crippen LogP contribution in [0.15, 0.2) is 42.5 Å². The Kier molecular flexibility index (Phi) is 7.02. The molecule has 0 heterocycles. The highest BCUT2D eigenvalue weighted by molar-refractivity contribution is 6.04. The van der Waals surface area contributed by atoms with Crippen molar-refractivity contribution in [3.05, 3.63) is 53.6 Å². The second-order valence-electron chi connectivity index (χ2n) is 5.79. The van der Waals surface area contributed by atoms with Crippen LogP contribution in [-0.2, 0) is 11.2 Å². The third kappa shape index (κ3) is 5.51. The van der Waals surface area contributed by atoms with E-state index in [1.807, 2.05) is 0 Å². The van der Waals surface area contributed by atoms with Crippen molar-refractivity contribution in [1.29, 1.82) is 0 Å². The van der Waals surface area contributed by atoms with Crippen LogP contribution in [0.2, 0.25) is 0 Å². The Morgan fingerprint density at radius 3 is 2.62 bits per heavy atom. The molecule has 2 aromatic carbocycles. The van der Waals surface area contributed by atoms with Crippen molar-refractivity contribution in [2.24, 2.45) is 0 Å². The highest BCUT2D eigenvalue weighted by Gasteiger charge is 2.12. The average Bonchev–Trinajstić information content (AvgIpc) is 2.61. The van der Waals surface area contributed by atoms with Gasteiger partial charge in [-0.25, -0.2) is 0 Å². The molecule has 0 atom stereocenters. The topological polar surface area (TPSA) is 84.9 Å². The first-order valence-corrected chi connectivity index (χ1v) is 8.46. The normalized spacial score (nSPS) is 10.2. The van der Waals surface area contributed by atoms with Crippen LogP contribution in [0.4, 0.5) is 5.69 Å². The van der Waals surface area contributed by atoms with Gasteiger partial charge in [-0.3, -0.25) is 9.59 Å². The number of carboxylic acid groups (broad SMARTS) is 1. The molecule has 0 unspecified atom stereocenters. The number of carbonyl (C=O) groups excluding carboxylic acids is 1. The number of carbonyl (C=O) groups is 2. The van der Waals surface area contributed by atoms with Crippen LogP contribution in [-0.4, -0.2) is 30.7 Å². The van der Waals surface area contributed by atoms with Crippen molar-refractivity contribution in [2.45, 2.75) is 26.2 Å². The van der Waals surface area contributed by atoms with Gasteiger partial charge in [0.1, 0.15) is 0 Å². The first-order chi connectivity index (χ1) is 12.5. The van der Waals surface area contributed by atoms with Gasteiger partial charge in [0.2, 0.25) is 0 Å². The molecule has 0 fully saturated rings. The molecule has 6 nitrogen and oxygen atoms in total. The fraction of sp³-hybridized carbons (Fsp3) is 0.300. The van der Waals surface area contributed by atoms with Crippen molar-refractivity contribution in [2.75, 3.05) is 19.0 Å². The van der Waals surface area contributed by atoms with Gasteiger partial charge in [0.15, 0.2) is 11.5 Å². The molecule has 138 valence electrons. The molecule has 0 aliphatic carbocycles. The number of nitrogens with one attached hydrogen (secondary N) is 1. The van der Waals surface area contributed by atoms with Crippen molar-refractivity contribution >= 4 is 17.6 Å². The second-order valence-corrected chi connectivity index (χ2v) is 5.79. The molecule has 2 rings (SSSR count). The summed E-state index contributed by atoms with van der Waals surface area (Å²) in [5.41, 5.74) is 1.58. The van der Waals surface area contributed by atoms with E-state index in [2.05, 4.69) is 12.2 Å². The molecule has 0 bridgehead atoms. The number of ether oxygens (including phenoxy) is 2. The van der Waals surface area contributed by atoms with E-state index in [1.165, 1.54) is 7.11 Å². The summed E-state index contributed by atoms with van der Waals surface area (Å²) in [7, 11) is 1.53. The molecular formula is C20H23NO5. The largest absolute Gasteiger partial charge is 0.493 e. The van der Waals surface area contributed by atoms with Gasteiger partial charge in [-0.2, -0.15) is 0 Å². The minimum Gasteiger partial charge on any atom is -0.493 e. The zero-order valence-electron chi connectivity index (χ0n) is 15.0. The fourth-order valence-electron chi connectivity index (χ4n) is 2.39. The quantitative estimate of drug-likeness (QED) is 0.668. The molecule has 2 aromatic rings.